The maximum atomic E-state index is 9.84. The van der Waals surface area contributed by atoms with E-state index in [-0.39, 0.29) is 5.48 Å². The Kier molecular flexibility index (Phi) is 3.96. The summed E-state index contributed by atoms with van der Waals surface area (Å²) in [5, 5.41) is 4.42. The molecule has 54 valence electrons. The third-order valence-electron chi connectivity index (χ3n) is 1.45. The molecule has 0 aromatic rings. The molecule has 0 radical (unpaired) electrons. The van der Waals surface area contributed by atoms with E-state index in [9.17, 15) is 4.91 Å². The molecule has 1 aliphatic heterocycles. The van der Waals surface area contributed by atoms with Gasteiger partial charge >= 0.3 is 0 Å². The van der Waals surface area contributed by atoms with E-state index in [1.165, 1.54) is 6.42 Å². The Morgan fingerprint density at radius 2 is 1.67 bits per heavy atom. The van der Waals surface area contributed by atoms with E-state index >= 15 is 0 Å². The van der Waals surface area contributed by atoms with Crippen LogP contribution < -0.4 is 0 Å². The highest BCUT2D eigenvalue weighted by Gasteiger charge is 2.06. The Labute approximate surface area is 54.1 Å². The quantitative estimate of drug-likeness (QED) is 0.482. The molecule has 1 fully saturated rings. The van der Waals surface area contributed by atoms with E-state index in [1.54, 1.807) is 5.01 Å². The average Bonchev–Trinajstić information content (AvgIpc) is 1.90. The number of rotatable bonds is 1. The van der Waals surface area contributed by atoms with Gasteiger partial charge in [-0.1, -0.05) is 0 Å². The summed E-state index contributed by atoms with van der Waals surface area (Å²) in [6, 6.07) is 0. The molecule has 0 aliphatic carbocycles. The topological polar surface area (TPSA) is 64.2 Å². The van der Waals surface area contributed by atoms with Crippen molar-refractivity contribution in [2.75, 3.05) is 13.1 Å². The fourth-order valence-corrected chi connectivity index (χ4v) is 0.959. The Morgan fingerprint density at radius 3 is 2.00 bits per heavy atom. The second-order valence-electron chi connectivity index (χ2n) is 2.10. The van der Waals surface area contributed by atoms with Crippen molar-refractivity contribution in [1.82, 2.24) is 5.01 Å². The maximum absolute atomic E-state index is 9.84. The van der Waals surface area contributed by atoms with Crippen LogP contribution in [0.5, 0.6) is 0 Å². The van der Waals surface area contributed by atoms with Crippen molar-refractivity contribution in [2.45, 2.75) is 19.3 Å². The van der Waals surface area contributed by atoms with Crippen molar-refractivity contribution < 1.29 is 5.48 Å². The second kappa shape index (κ2) is 4.26. The summed E-state index contributed by atoms with van der Waals surface area (Å²) in [5.74, 6) is 0. The molecule has 1 aliphatic rings. The lowest BCUT2D eigenvalue weighted by atomic mass is 10.2. The normalized spacial score (nSPS) is 18.4. The molecule has 4 heteroatoms. The monoisotopic (exact) mass is 132 g/mol. The standard InChI is InChI=1S/C5H10N2O.H2O/c8-6-7-4-2-1-3-5-7;/h1-5H2;1H2. The van der Waals surface area contributed by atoms with Gasteiger partial charge in [0.15, 0.2) is 0 Å². The first kappa shape index (κ1) is 8.36. The van der Waals surface area contributed by atoms with Gasteiger partial charge in [-0.05, 0) is 19.3 Å². The minimum absolute atomic E-state index is 0. The van der Waals surface area contributed by atoms with Crippen molar-refractivity contribution in [3.8, 4) is 0 Å². The van der Waals surface area contributed by atoms with Gasteiger partial charge in [0.1, 0.15) is 0 Å². The number of nitrogens with zero attached hydrogens (tertiary/aromatic N) is 2. The summed E-state index contributed by atoms with van der Waals surface area (Å²) in [4.78, 5) is 9.84. The molecule has 0 saturated carbocycles. The van der Waals surface area contributed by atoms with Crippen LogP contribution in [0.4, 0.5) is 0 Å². The van der Waals surface area contributed by atoms with Crippen molar-refractivity contribution in [3.63, 3.8) is 0 Å². The van der Waals surface area contributed by atoms with Crippen molar-refractivity contribution in [3.05, 3.63) is 4.91 Å². The lowest BCUT2D eigenvalue weighted by molar-refractivity contribution is 0.236. The predicted octanol–water partition coefficient (Wildman–Crippen LogP) is 0.329. The third kappa shape index (κ3) is 2.41. The molecule has 1 heterocycles. The Bertz CT molecular complexity index is 81.0. The summed E-state index contributed by atoms with van der Waals surface area (Å²) < 4.78 is 0. The highest BCUT2D eigenvalue weighted by Crippen LogP contribution is 2.07. The summed E-state index contributed by atoms with van der Waals surface area (Å²) in [6.07, 6.45) is 3.52. The van der Waals surface area contributed by atoms with Crippen LogP contribution >= 0.6 is 0 Å². The van der Waals surface area contributed by atoms with Crippen LogP contribution in [0.1, 0.15) is 19.3 Å². The van der Waals surface area contributed by atoms with Crippen LogP contribution in [0, 0.1) is 4.91 Å². The van der Waals surface area contributed by atoms with Crippen molar-refractivity contribution >= 4 is 0 Å². The number of piperidine rings is 1. The Morgan fingerprint density at radius 1 is 1.11 bits per heavy atom. The van der Waals surface area contributed by atoms with Crippen LogP contribution in [0.25, 0.3) is 0 Å². The smallest absolute Gasteiger partial charge is 0.0523 e. The van der Waals surface area contributed by atoms with E-state index in [0.29, 0.717) is 0 Å². The molecule has 9 heavy (non-hydrogen) atoms. The van der Waals surface area contributed by atoms with Gasteiger partial charge < -0.3 is 5.48 Å². The Balaban J connectivity index is 0.000000640. The van der Waals surface area contributed by atoms with Crippen LogP contribution in [-0.2, 0) is 0 Å². The first-order chi connectivity index (χ1) is 3.93. The van der Waals surface area contributed by atoms with E-state index in [2.05, 4.69) is 5.29 Å². The zero-order valence-corrected chi connectivity index (χ0v) is 5.34. The van der Waals surface area contributed by atoms with Crippen molar-refractivity contribution in [1.29, 1.82) is 0 Å². The largest absolute Gasteiger partial charge is 0.412 e. The SMILES string of the molecule is O.O=NN1CCCCC1. The Hall–Kier alpha value is -0.640. The fourth-order valence-electron chi connectivity index (χ4n) is 0.959. The highest BCUT2D eigenvalue weighted by molar-refractivity contribution is 4.58. The van der Waals surface area contributed by atoms with E-state index in [0.717, 1.165) is 25.9 Å². The van der Waals surface area contributed by atoms with Crippen molar-refractivity contribution in [2.24, 2.45) is 5.29 Å². The summed E-state index contributed by atoms with van der Waals surface area (Å²) in [5.41, 5.74) is 0. The minimum atomic E-state index is 0. The second-order valence-corrected chi connectivity index (χ2v) is 2.10. The van der Waals surface area contributed by atoms with Crippen LogP contribution in [0.3, 0.4) is 0 Å². The van der Waals surface area contributed by atoms with E-state index in [1.807, 2.05) is 0 Å². The average molecular weight is 132 g/mol. The highest BCUT2D eigenvalue weighted by atomic mass is 16.3. The minimum Gasteiger partial charge on any atom is -0.412 e. The molecule has 1 rings (SSSR count). The fraction of sp³-hybridized carbons (Fsp3) is 1.00. The number of hydrogen-bond donors (Lipinski definition) is 0. The molecule has 0 unspecified atom stereocenters. The molecule has 0 aromatic carbocycles. The summed E-state index contributed by atoms with van der Waals surface area (Å²) in [6.45, 7) is 1.73. The molecule has 2 N–H and O–H groups in total. The lowest BCUT2D eigenvalue weighted by Crippen LogP contribution is -2.23. The zero-order chi connectivity index (χ0) is 5.82. The molecule has 0 spiro atoms. The molecule has 0 amide bonds. The molecular formula is C5H12N2O2. The van der Waals surface area contributed by atoms with Gasteiger partial charge in [0.25, 0.3) is 0 Å². The first-order valence-electron chi connectivity index (χ1n) is 3.02. The molecule has 0 atom stereocenters. The molecule has 0 aromatic heterocycles. The van der Waals surface area contributed by atoms with Gasteiger partial charge in [0.05, 0.1) is 5.29 Å². The van der Waals surface area contributed by atoms with Gasteiger partial charge in [-0.2, -0.15) is 0 Å². The lowest BCUT2D eigenvalue weighted by Gasteiger charge is -2.19. The van der Waals surface area contributed by atoms with E-state index in [4.69, 9.17) is 0 Å². The molecule has 4 nitrogen and oxygen atoms in total. The number of hydrogen-bond acceptors (Lipinski definition) is 2. The zero-order valence-electron chi connectivity index (χ0n) is 5.34. The van der Waals surface area contributed by atoms with Gasteiger partial charge in [-0.3, -0.25) is 5.01 Å². The summed E-state index contributed by atoms with van der Waals surface area (Å²) >= 11 is 0. The van der Waals surface area contributed by atoms with Gasteiger partial charge in [-0.25, -0.2) is 0 Å². The van der Waals surface area contributed by atoms with Crippen LogP contribution in [0.15, 0.2) is 5.29 Å². The first-order valence-corrected chi connectivity index (χ1v) is 3.02. The van der Waals surface area contributed by atoms with Gasteiger partial charge in [-0.15, -0.1) is 4.91 Å². The third-order valence-corrected chi connectivity index (χ3v) is 1.45. The van der Waals surface area contributed by atoms with E-state index < -0.39 is 0 Å². The summed E-state index contributed by atoms with van der Waals surface area (Å²) in [7, 11) is 0. The van der Waals surface area contributed by atoms with Crippen LogP contribution in [-0.4, -0.2) is 23.6 Å². The van der Waals surface area contributed by atoms with Gasteiger partial charge in [0, 0.05) is 13.1 Å². The predicted molar refractivity (Wildman–Crippen MR) is 34.8 cm³/mol. The van der Waals surface area contributed by atoms with Gasteiger partial charge in [0.2, 0.25) is 0 Å². The van der Waals surface area contributed by atoms with Crippen LogP contribution in [0.2, 0.25) is 0 Å². The number of nitroso groups, excluding NO2 is 1. The molecule has 1 saturated heterocycles. The molecule has 0 bridgehead atoms. The molecular weight excluding hydrogens is 120 g/mol. The maximum Gasteiger partial charge on any atom is 0.0523 e.